The van der Waals surface area contributed by atoms with E-state index in [1.165, 1.54) is 6.92 Å². The molecule has 0 aliphatic heterocycles. The quantitative estimate of drug-likeness (QED) is 0.535. The normalized spacial score (nSPS) is 41.3. The molecule has 0 bridgehead atoms. The third kappa shape index (κ3) is 0.936. The fourth-order valence-electron chi connectivity index (χ4n) is 1.15. The molecule has 2 N–H and O–H groups in total. The van der Waals surface area contributed by atoms with Gasteiger partial charge in [-0.2, -0.15) is 0 Å². The van der Waals surface area contributed by atoms with Crippen LogP contribution in [0.25, 0.3) is 0 Å². The average Bonchev–Trinajstić information content (AvgIpc) is 1.81. The van der Waals surface area contributed by atoms with Crippen LogP contribution in [-0.4, -0.2) is 11.5 Å². The van der Waals surface area contributed by atoms with Crippen molar-refractivity contribution in [3.8, 4) is 0 Å². The van der Waals surface area contributed by atoms with E-state index in [1.54, 1.807) is 0 Å². The summed E-state index contributed by atoms with van der Waals surface area (Å²) in [6, 6.07) is 0. The molecule has 1 rings (SSSR count). The average molecular weight is 135 g/mol. The van der Waals surface area contributed by atoms with Crippen LogP contribution in [-0.2, 0) is 0 Å². The zero-order chi connectivity index (χ0) is 7.12. The molecule has 54 valence electrons. The first-order valence-electron chi connectivity index (χ1n) is 3.12. The summed E-state index contributed by atoms with van der Waals surface area (Å²) >= 11 is 0. The van der Waals surface area contributed by atoms with Crippen LogP contribution in [0.2, 0.25) is 0 Å². The molecule has 1 aliphatic rings. The minimum Gasteiger partial charge on any atom is -0.320 e. The van der Waals surface area contributed by atoms with Gasteiger partial charge in [0, 0.05) is 6.42 Å². The minimum absolute atomic E-state index is 0.0417. The smallest absolute Gasteiger partial charge is 0.265 e. The van der Waals surface area contributed by atoms with Gasteiger partial charge in [0.05, 0.1) is 5.54 Å². The minimum atomic E-state index is -2.63. The lowest BCUT2D eigenvalue weighted by atomic mass is 9.99. The van der Waals surface area contributed by atoms with E-state index in [0.29, 0.717) is 12.8 Å². The Morgan fingerprint density at radius 1 is 1.33 bits per heavy atom. The first kappa shape index (κ1) is 6.93. The standard InChI is InChI=1S/C6H11F2N/c1-5(9)3-2-4-6(5,7)8/h2-4,9H2,1H3/t5-/m1/s1. The van der Waals surface area contributed by atoms with Crippen LogP contribution in [0.1, 0.15) is 26.2 Å². The van der Waals surface area contributed by atoms with Crippen molar-refractivity contribution < 1.29 is 8.78 Å². The van der Waals surface area contributed by atoms with E-state index in [2.05, 4.69) is 0 Å². The molecule has 1 nitrogen and oxygen atoms in total. The summed E-state index contributed by atoms with van der Waals surface area (Å²) in [6.45, 7) is 1.42. The Labute approximate surface area is 53.2 Å². The topological polar surface area (TPSA) is 26.0 Å². The number of halogens is 2. The molecule has 3 heteroatoms. The number of hydrogen-bond donors (Lipinski definition) is 1. The number of hydrogen-bond acceptors (Lipinski definition) is 1. The van der Waals surface area contributed by atoms with Crippen molar-refractivity contribution in [3.05, 3.63) is 0 Å². The maximum absolute atomic E-state index is 12.6. The van der Waals surface area contributed by atoms with Gasteiger partial charge in [-0.15, -0.1) is 0 Å². The van der Waals surface area contributed by atoms with E-state index in [9.17, 15) is 8.78 Å². The van der Waals surface area contributed by atoms with Gasteiger partial charge in [0.15, 0.2) is 0 Å². The first-order valence-corrected chi connectivity index (χ1v) is 3.12. The zero-order valence-electron chi connectivity index (χ0n) is 5.45. The summed E-state index contributed by atoms with van der Waals surface area (Å²) in [6.07, 6.45) is 0.958. The first-order chi connectivity index (χ1) is 3.96. The third-order valence-electron chi connectivity index (χ3n) is 2.02. The van der Waals surface area contributed by atoms with E-state index in [1.807, 2.05) is 0 Å². The molecule has 1 atom stereocenters. The summed E-state index contributed by atoms with van der Waals surface area (Å²) in [7, 11) is 0. The monoisotopic (exact) mass is 135 g/mol. The molecule has 1 saturated carbocycles. The van der Waals surface area contributed by atoms with Gasteiger partial charge in [-0.1, -0.05) is 0 Å². The van der Waals surface area contributed by atoms with Crippen LogP contribution in [0.3, 0.4) is 0 Å². The Morgan fingerprint density at radius 2 is 1.89 bits per heavy atom. The van der Waals surface area contributed by atoms with E-state index < -0.39 is 11.5 Å². The van der Waals surface area contributed by atoms with Crippen LogP contribution in [0.4, 0.5) is 8.78 Å². The Balaban J connectivity index is 2.75. The van der Waals surface area contributed by atoms with Gasteiger partial charge in [-0.3, -0.25) is 0 Å². The van der Waals surface area contributed by atoms with Crippen molar-refractivity contribution in [1.29, 1.82) is 0 Å². The van der Waals surface area contributed by atoms with Gasteiger partial charge >= 0.3 is 0 Å². The lowest BCUT2D eigenvalue weighted by Gasteiger charge is -2.25. The van der Waals surface area contributed by atoms with Crippen molar-refractivity contribution in [1.82, 2.24) is 0 Å². The maximum atomic E-state index is 12.6. The molecule has 9 heavy (non-hydrogen) atoms. The highest BCUT2D eigenvalue weighted by Crippen LogP contribution is 2.41. The fraction of sp³-hybridized carbons (Fsp3) is 1.00. The zero-order valence-corrected chi connectivity index (χ0v) is 5.45. The molecule has 0 aromatic carbocycles. The van der Waals surface area contributed by atoms with Crippen LogP contribution in [0, 0.1) is 0 Å². The molecule has 0 aromatic heterocycles. The second-order valence-corrected chi connectivity index (χ2v) is 2.98. The van der Waals surface area contributed by atoms with Gasteiger partial charge in [-0.25, -0.2) is 8.78 Å². The van der Waals surface area contributed by atoms with Crippen molar-refractivity contribution in [2.75, 3.05) is 0 Å². The molecule has 0 unspecified atom stereocenters. The Kier molecular flexibility index (Phi) is 1.28. The van der Waals surface area contributed by atoms with Gasteiger partial charge in [-0.05, 0) is 19.8 Å². The second-order valence-electron chi connectivity index (χ2n) is 2.98. The highest BCUT2D eigenvalue weighted by molar-refractivity contribution is 4.98. The van der Waals surface area contributed by atoms with E-state index >= 15 is 0 Å². The largest absolute Gasteiger partial charge is 0.320 e. The van der Waals surface area contributed by atoms with Gasteiger partial charge < -0.3 is 5.73 Å². The summed E-state index contributed by atoms with van der Waals surface area (Å²) in [5, 5.41) is 0. The van der Waals surface area contributed by atoms with Crippen LogP contribution >= 0.6 is 0 Å². The number of nitrogens with two attached hydrogens (primary N) is 1. The number of alkyl halides is 2. The van der Waals surface area contributed by atoms with Crippen molar-refractivity contribution in [2.45, 2.75) is 37.6 Å². The third-order valence-corrected chi connectivity index (χ3v) is 2.02. The van der Waals surface area contributed by atoms with Gasteiger partial charge in [0.25, 0.3) is 5.92 Å². The highest BCUT2D eigenvalue weighted by Gasteiger charge is 2.50. The lowest BCUT2D eigenvalue weighted by molar-refractivity contribution is -0.0452. The van der Waals surface area contributed by atoms with Crippen molar-refractivity contribution in [3.63, 3.8) is 0 Å². The summed E-state index contributed by atoms with van der Waals surface area (Å²) in [5.41, 5.74) is 4.06. The Morgan fingerprint density at radius 3 is 2.00 bits per heavy atom. The van der Waals surface area contributed by atoms with Crippen molar-refractivity contribution in [2.24, 2.45) is 5.73 Å². The molecule has 0 radical (unpaired) electrons. The molecule has 0 spiro atoms. The van der Waals surface area contributed by atoms with E-state index in [4.69, 9.17) is 5.73 Å². The molecular weight excluding hydrogens is 124 g/mol. The lowest BCUT2D eigenvalue weighted by Crippen LogP contribution is -2.48. The summed E-state index contributed by atoms with van der Waals surface area (Å²) in [4.78, 5) is 0. The molecule has 1 fully saturated rings. The highest BCUT2D eigenvalue weighted by atomic mass is 19.3. The predicted molar refractivity (Wildman–Crippen MR) is 31.4 cm³/mol. The number of rotatable bonds is 0. The van der Waals surface area contributed by atoms with Crippen LogP contribution in [0.15, 0.2) is 0 Å². The maximum Gasteiger partial charge on any atom is 0.265 e. The molecular formula is C6H11F2N. The predicted octanol–water partition coefficient (Wildman–Crippen LogP) is 1.52. The fourth-order valence-corrected chi connectivity index (χ4v) is 1.15. The summed E-state index contributed by atoms with van der Waals surface area (Å²) < 4.78 is 25.2. The van der Waals surface area contributed by atoms with Gasteiger partial charge in [0.2, 0.25) is 0 Å². The van der Waals surface area contributed by atoms with E-state index in [-0.39, 0.29) is 6.42 Å². The molecule has 1 aliphatic carbocycles. The van der Waals surface area contributed by atoms with Crippen LogP contribution in [0.5, 0.6) is 0 Å². The van der Waals surface area contributed by atoms with E-state index in [0.717, 1.165) is 0 Å². The Hall–Kier alpha value is -0.180. The SMILES string of the molecule is C[C@@]1(N)CCCC1(F)F. The van der Waals surface area contributed by atoms with Crippen LogP contribution < -0.4 is 5.73 Å². The van der Waals surface area contributed by atoms with Crippen molar-refractivity contribution >= 4 is 0 Å². The molecule has 0 saturated heterocycles. The molecule has 0 heterocycles. The summed E-state index contributed by atoms with van der Waals surface area (Å²) in [5.74, 6) is -2.63. The second kappa shape index (κ2) is 1.66. The molecule has 0 aromatic rings. The molecule has 0 amide bonds. The Bertz CT molecular complexity index is 106. The van der Waals surface area contributed by atoms with Gasteiger partial charge in [0.1, 0.15) is 0 Å².